The number of benzene rings is 2. The molecule has 4 rings (SSSR count). The lowest BCUT2D eigenvalue weighted by Gasteiger charge is -2.30. The first kappa shape index (κ1) is 15.8. The molecule has 0 saturated carbocycles. The Morgan fingerprint density at radius 2 is 1.73 bits per heavy atom. The maximum absolute atomic E-state index is 13.8. The predicted octanol–water partition coefficient (Wildman–Crippen LogP) is 2.97. The number of ether oxygens (including phenoxy) is 1. The summed E-state index contributed by atoms with van der Waals surface area (Å²) >= 11 is 0. The van der Waals surface area contributed by atoms with Gasteiger partial charge < -0.3 is 10.5 Å². The van der Waals surface area contributed by atoms with Crippen molar-refractivity contribution in [2.24, 2.45) is 5.73 Å². The van der Waals surface area contributed by atoms with Gasteiger partial charge in [0.1, 0.15) is 17.5 Å². The summed E-state index contributed by atoms with van der Waals surface area (Å²) in [6, 6.07) is 13.8. The number of carbonyl (C=O) groups excluding carboxylic acids is 2. The van der Waals surface area contributed by atoms with Gasteiger partial charge in [-0.25, -0.2) is 4.39 Å². The van der Waals surface area contributed by atoms with Crippen LogP contribution in [0.4, 0.5) is 4.39 Å². The van der Waals surface area contributed by atoms with Gasteiger partial charge in [-0.1, -0.05) is 36.4 Å². The van der Waals surface area contributed by atoms with E-state index in [1.807, 2.05) is 6.07 Å². The van der Waals surface area contributed by atoms with Gasteiger partial charge >= 0.3 is 0 Å². The molecule has 0 fully saturated rings. The van der Waals surface area contributed by atoms with E-state index in [-0.39, 0.29) is 33.9 Å². The summed E-state index contributed by atoms with van der Waals surface area (Å²) in [4.78, 5) is 25.9. The third-order valence-electron chi connectivity index (χ3n) is 4.47. The quantitative estimate of drug-likeness (QED) is 0.857. The average molecular weight is 346 g/mol. The first-order valence-electron chi connectivity index (χ1n) is 7.78. The van der Waals surface area contributed by atoms with Crippen molar-refractivity contribution in [1.29, 1.82) is 5.26 Å². The molecule has 6 heteroatoms. The lowest BCUT2D eigenvalue weighted by molar-refractivity contribution is 0.0897. The lowest BCUT2D eigenvalue weighted by Crippen LogP contribution is -2.32. The van der Waals surface area contributed by atoms with Crippen molar-refractivity contribution in [2.75, 3.05) is 0 Å². The molecule has 126 valence electrons. The highest BCUT2D eigenvalue weighted by Crippen LogP contribution is 2.43. The Morgan fingerprint density at radius 1 is 1.04 bits per heavy atom. The topological polar surface area (TPSA) is 93.2 Å². The summed E-state index contributed by atoms with van der Waals surface area (Å²) in [5.74, 6) is -2.90. The zero-order valence-electron chi connectivity index (χ0n) is 13.3. The fourth-order valence-electron chi connectivity index (χ4n) is 3.33. The maximum atomic E-state index is 13.8. The van der Waals surface area contributed by atoms with Crippen molar-refractivity contribution in [3.63, 3.8) is 0 Å². The molecule has 0 radical (unpaired) electrons. The third-order valence-corrected chi connectivity index (χ3v) is 4.47. The van der Waals surface area contributed by atoms with E-state index in [1.54, 1.807) is 18.2 Å². The molecule has 0 aromatic heterocycles. The minimum atomic E-state index is -0.968. The van der Waals surface area contributed by atoms with E-state index in [1.165, 1.54) is 30.3 Å². The largest absolute Gasteiger partial charge is 0.436 e. The molecule has 5 nitrogen and oxygen atoms in total. The molecule has 2 aliphatic rings. The first-order valence-corrected chi connectivity index (χ1v) is 7.78. The molecule has 1 aliphatic carbocycles. The number of carbonyl (C=O) groups is 2. The van der Waals surface area contributed by atoms with Crippen LogP contribution in [0, 0.1) is 17.1 Å². The molecule has 0 bridgehead atoms. The van der Waals surface area contributed by atoms with Crippen LogP contribution in [-0.4, -0.2) is 11.6 Å². The Bertz CT molecular complexity index is 1090. The molecule has 26 heavy (non-hydrogen) atoms. The maximum Gasteiger partial charge on any atom is 0.229 e. The molecule has 0 spiro atoms. The fraction of sp³-hybridized carbons (Fsp3) is 0.0500. The van der Waals surface area contributed by atoms with Crippen LogP contribution in [0.1, 0.15) is 32.2 Å². The van der Waals surface area contributed by atoms with E-state index in [4.69, 9.17) is 10.5 Å². The number of allylic oxidation sites excluding steroid dienone is 3. The van der Waals surface area contributed by atoms with Crippen LogP contribution < -0.4 is 5.73 Å². The normalized spacial score (nSPS) is 18.8. The Hall–Kier alpha value is -3.72. The molecule has 0 unspecified atom stereocenters. The minimum absolute atomic E-state index is 0.00468. The van der Waals surface area contributed by atoms with Crippen LogP contribution in [0.25, 0.3) is 0 Å². The Kier molecular flexibility index (Phi) is 3.44. The number of rotatable bonds is 1. The third kappa shape index (κ3) is 2.15. The highest BCUT2D eigenvalue weighted by atomic mass is 19.1. The zero-order chi connectivity index (χ0) is 18.4. The zero-order valence-corrected chi connectivity index (χ0v) is 13.3. The van der Waals surface area contributed by atoms with Crippen LogP contribution in [0.15, 0.2) is 71.3 Å². The van der Waals surface area contributed by atoms with Crippen LogP contribution in [0.3, 0.4) is 0 Å². The van der Waals surface area contributed by atoms with Gasteiger partial charge in [0.2, 0.25) is 11.7 Å². The van der Waals surface area contributed by atoms with Gasteiger partial charge in [-0.3, -0.25) is 9.59 Å². The van der Waals surface area contributed by atoms with Gasteiger partial charge in [0.25, 0.3) is 0 Å². The van der Waals surface area contributed by atoms with Crippen molar-refractivity contribution >= 4 is 11.6 Å². The Morgan fingerprint density at radius 3 is 2.38 bits per heavy atom. The summed E-state index contributed by atoms with van der Waals surface area (Å²) < 4.78 is 19.1. The van der Waals surface area contributed by atoms with E-state index in [0.717, 1.165) is 0 Å². The van der Waals surface area contributed by atoms with Crippen LogP contribution in [-0.2, 0) is 4.74 Å². The monoisotopic (exact) mass is 346 g/mol. The summed E-state index contributed by atoms with van der Waals surface area (Å²) in [5.41, 5.74) is 6.59. The molecule has 0 amide bonds. The molecule has 1 atom stereocenters. The van der Waals surface area contributed by atoms with Gasteiger partial charge in [0.05, 0.1) is 11.5 Å². The summed E-state index contributed by atoms with van der Waals surface area (Å²) in [5, 5.41) is 9.52. The summed E-state index contributed by atoms with van der Waals surface area (Å²) in [7, 11) is 0. The summed E-state index contributed by atoms with van der Waals surface area (Å²) in [6.07, 6.45) is 0. The van der Waals surface area contributed by atoms with Crippen molar-refractivity contribution < 1.29 is 18.7 Å². The average Bonchev–Trinajstić information content (AvgIpc) is 2.65. The second-order valence-corrected chi connectivity index (χ2v) is 5.93. The van der Waals surface area contributed by atoms with Gasteiger partial charge in [-0.05, 0) is 17.7 Å². The van der Waals surface area contributed by atoms with Crippen molar-refractivity contribution in [1.82, 2.24) is 0 Å². The highest BCUT2D eigenvalue weighted by Gasteiger charge is 2.43. The van der Waals surface area contributed by atoms with E-state index in [9.17, 15) is 19.2 Å². The number of nitriles is 1. The van der Waals surface area contributed by atoms with Crippen molar-refractivity contribution in [3.05, 3.63) is 93.8 Å². The van der Waals surface area contributed by atoms with E-state index in [2.05, 4.69) is 0 Å². The number of hydrogen-bond donors (Lipinski definition) is 1. The van der Waals surface area contributed by atoms with Gasteiger partial charge in [-0.15, -0.1) is 0 Å². The number of Topliss-reactive ketones (excluding diaryl/α,β-unsaturated/α-hetero) is 2. The number of nitrogens with two attached hydrogens (primary N) is 1. The first-order chi connectivity index (χ1) is 12.5. The molecule has 2 aromatic rings. The summed E-state index contributed by atoms with van der Waals surface area (Å²) in [6.45, 7) is 0. The molecule has 0 saturated heterocycles. The standard InChI is InChI=1S/C20H11FN2O3/c21-11-5-3-4-10(8-11)15-14(9-22)20(23)26-19-16(15)17(24)12-6-1-2-7-13(12)18(19)25/h1-8,15H,23H2/t15-/m0/s1. The van der Waals surface area contributed by atoms with Crippen LogP contribution in [0.2, 0.25) is 0 Å². The number of halogens is 1. The van der Waals surface area contributed by atoms with Crippen molar-refractivity contribution in [3.8, 4) is 6.07 Å². The second-order valence-electron chi connectivity index (χ2n) is 5.93. The molecule has 2 N–H and O–H groups in total. The molecular formula is C20H11FN2O3. The van der Waals surface area contributed by atoms with E-state index < -0.39 is 23.3 Å². The molecule has 1 heterocycles. The number of nitrogens with zero attached hydrogens (tertiary/aromatic N) is 1. The van der Waals surface area contributed by atoms with E-state index in [0.29, 0.717) is 5.56 Å². The van der Waals surface area contributed by atoms with E-state index >= 15 is 0 Å². The minimum Gasteiger partial charge on any atom is -0.436 e. The SMILES string of the molecule is N#CC1=C(N)OC2=C(C(=O)c3ccccc3C2=O)[C@H]1c1cccc(F)c1. The van der Waals surface area contributed by atoms with Crippen LogP contribution in [0.5, 0.6) is 0 Å². The smallest absolute Gasteiger partial charge is 0.229 e. The molecular weight excluding hydrogens is 335 g/mol. The highest BCUT2D eigenvalue weighted by molar-refractivity contribution is 6.27. The van der Waals surface area contributed by atoms with Crippen molar-refractivity contribution in [2.45, 2.75) is 5.92 Å². The molecule has 2 aromatic carbocycles. The Balaban J connectivity index is 1.99. The lowest BCUT2D eigenvalue weighted by atomic mass is 9.75. The van der Waals surface area contributed by atoms with Gasteiger partial charge in [0, 0.05) is 11.1 Å². The van der Waals surface area contributed by atoms with Gasteiger partial charge in [-0.2, -0.15) is 5.26 Å². The number of fused-ring (bicyclic) bond motifs is 1. The Labute approximate surface area is 147 Å². The molecule has 1 aliphatic heterocycles. The fourth-order valence-corrected chi connectivity index (χ4v) is 3.33. The van der Waals surface area contributed by atoms with Crippen LogP contribution >= 0.6 is 0 Å². The van der Waals surface area contributed by atoms with Gasteiger partial charge in [0.15, 0.2) is 11.5 Å². The predicted molar refractivity (Wildman–Crippen MR) is 89.2 cm³/mol. The number of hydrogen-bond acceptors (Lipinski definition) is 5. The second kappa shape index (κ2) is 5.67. The number of ketones is 2.